The second-order valence-corrected chi connectivity index (χ2v) is 9.16. The minimum absolute atomic E-state index is 0.762. The normalized spacial score (nSPS) is 11.3. The van der Waals surface area contributed by atoms with Gasteiger partial charge in [-0.25, -0.2) is 0 Å². The summed E-state index contributed by atoms with van der Waals surface area (Å²) < 4.78 is 11.5. The maximum atomic E-state index is 5.75. The third-order valence-electron chi connectivity index (χ3n) is 6.06. The molecule has 194 valence electrons. The SMILES string of the molecule is CCCCOc1ccc(/C=C/c2ccnc(-c3cc(/C=C/c4ccc(OCCCC)cc4)ccn3)c2)cc1. The van der Waals surface area contributed by atoms with Crippen LogP contribution in [-0.2, 0) is 0 Å². The van der Waals surface area contributed by atoms with Crippen molar-refractivity contribution in [2.24, 2.45) is 0 Å². The van der Waals surface area contributed by atoms with Crippen molar-refractivity contribution >= 4 is 24.3 Å². The lowest BCUT2D eigenvalue weighted by molar-refractivity contribution is 0.309. The van der Waals surface area contributed by atoms with E-state index in [0.29, 0.717) is 0 Å². The molecule has 2 heterocycles. The van der Waals surface area contributed by atoms with Gasteiger partial charge in [0.05, 0.1) is 24.6 Å². The molecule has 38 heavy (non-hydrogen) atoms. The van der Waals surface area contributed by atoms with E-state index in [1.807, 2.05) is 48.8 Å². The number of pyridine rings is 2. The molecule has 2 aromatic heterocycles. The van der Waals surface area contributed by atoms with Gasteiger partial charge in [0.2, 0.25) is 0 Å². The van der Waals surface area contributed by atoms with E-state index in [9.17, 15) is 0 Å². The first-order valence-corrected chi connectivity index (χ1v) is 13.5. The zero-order valence-corrected chi connectivity index (χ0v) is 22.3. The fraction of sp³-hybridized carbons (Fsp3) is 0.235. The zero-order valence-electron chi connectivity index (χ0n) is 22.3. The summed E-state index contributed by atoms with van der Waals surface area (Å²) in [7, 11) is 0. The lowest BCUT2D eigenvalue weighted by Gasteiger charge is -2.05. The van der Waals surface area contributed by atoms with Crippen molar-refractivity contribution in [2.75, 3.05) is 13.2 Å². The Bertz CT molecular complexity index is 1220. The van der Waals surface area contributed by atoms with Gasteiger partial charge in [-0.1, -0.05) is 75.3 Å². The van der Waals surface area contributed by atoms with Crippen LogP contribution < -0.4 is 9.47 Å². The van der Waals surface area contributed by atoms with E-state index >= 15 is 0 Å². The molecule has 0 atom stereocenters. The molecule has 0 radical (unpaired) electrons. The van der Waals surface area contributed by atoms with E-state index in [0.717, 1.165) is 84.0 Å². The highest BCUT2D eigenvalue weighted by Crippen LogP contribution is 2.21. The third-order valence-corrected chi connectivity index (χ3v) is 6.06. The molecular weight excluding hydrogens is 468 g/mol. The molecule has 0 fully saturated rings. The van der Waals surface area contributed by atoms with Gasteiger partial charge in [0.25, 0.3) is 0 Å². The number of benzene rings is 2. The Morgan fingerprint density at radius 2 is 0.921 bits per heavy atom. The van der Waals surface area contributed by atoms with Crippen molar-refractivity contribution in [3.8, 4) is 22.9 Å². The van der Waals surface area contributed by atoms with E-state index in [1.165, 1.54) is 0 Å². The van der Waals surface area contributed by atoms with Crippen molar-refractivity contribution < 1.29 is 9.47 Å². The number of ether oxygens (including phenoxy) is 2. The second-order valence-electron chi connectivity index (χ2n) is 9.16. The monoisotopic (exact) mass is 504 g/mol. The van der Waals surface area contributed by atoms with Crippen LogP contribution in [0.25, 0.3) is 35.7 Å². The molecule has 4 aromatic rings. The molecule has 0 saturated carbocycles. The Labute approximate surface area is 226 Å². The van der Waals surface area contributed by atoms with Gasteiger partial charge in [0, 0.05) is 12.4 Å². The predicted octanol–water partition coefficient (Wildman–Crippen LogP) is 8.84. The van der Waals surface area contributed by atoms with Gasteiger partial charge in [0.15, 0.2) is 0 Å². The number of hydrogen-bond acceptors (Lipinski definition) is 4. The molecule has 0 amide bonds. The Balaban J connectivity index is 1.39. The summed E-state index contributed by atoms with van der Waals surface area (Å²) in [5.74, 6) is 1.82. The van der Waals surface area contributed by atoms with Crippen molar-refractivity contribution in [1.29, 1.82) is 0 Å². The lowest BCUT2D eigenvalue weighted by Crippen LogP contribution is -1.95. The van der Waals surface area contributed by atoms with Crippen LogP contribution in [0.4, 0.5) is 0 Å². The van der Waals surface area contributed by atoms with E-state index < -0.39 is 0 Å². The topological polar surface area (TPSA) is 44.2 Å². The molecule has 0 aliphatic rings. The van der Waals surface area contributed by atoms with Crippen molar-refractivity contribution in [1.82, 2.24) is 9.97 Å². The molecule has 0 N–H and O–H groups in total. The van der Waals surface area contributed by atoms with Crippen LogP contribution in [0.3, 0.4) is 0 Å². The van der Waals surface area contributed by atoms with Gasteiger partial charge in [-0.05, 0) is 83.6 Å². The highest BCUT2D eigenvalue weighted by Gasteiger charge is 2.03. The van der Waals surface area contributed by atoms with Gasteiger partial charge in [0.1, 0.15) is 11.5 Å². The van der Waals surface area contributed by atoms with Crippen molar-refractivity contribution in [2.45, 2.75) is 39.5 Å². The summed E-state index contributed by atoms with van der Waals surface area (Å²) in [4.78, 5) is 9.12. The minimum Gasteiger partial charge on any atom is -0.494 e. The van der Waals surface area contributed by atoms with Crippen LogP contribution in [0.5, 0.6) is 11.5 Å². The highest BCUT2D eigenvalue weighted by molar-refractivity contribution is 5.74. The summed E-state index contributed by atoms with van der Waals surface area (Å²) >= 11 is 0. The molecule has 4 rings (SSSR count). The molecular formula is C34H36N2O2. The predicted molar refractivity (Wildman–Crippen MR) is 159 cm³/mol. The molecule has 0 aliphatic heterocycles. The highest BCUT2D eigenvalue weighted by atomic mass is 16.5. The van der Waals surface area contributed by atoms with E-state index in [2.05, 4.69) is 84.5 Å². The van der Waals surface area contributed by atoms with Crippen LogP contribution >= 0.6 is 0 Å². The standard InChI is InChI=1S/C34H36N2O2/c1-3-5-23-37-31-15-11-27(12-16-31)7-9-29-19-21-35-33(25-29)34-26-30(20-22-36-34)10-8-28-13-17-32(18-14-28)38-24-6-4-2/h7-22,25-26H,3-6,23-24H2,1-2H3/b9-7+,10-8+. The average Bonchev–Trinajstić information content (AvgIpc) is 2.97. The van der Waals surface area contributed by atoms with Crippen LogP contribution in [0, 0.1) is 0 Å². The first kappa shape index (κ1) is 26.9. The largest absolute Gasteiger partial charge is 0.494 e. The Morgan fingerprint density at radius 1 is 0.526 bits per heavy atom. The summed E-state index contributed by atoms with van der Waals surface area (Å²) in [6.45, 7) is 5.85. The van der Waals surface area contributed by atoms with Crippen LogP contribution in [0.15, 0.2) is 85.2 Å². The Kier molecular flexibility index (Phi) is 10.3. The first-order chi connectivity index (χ1) is 18.7. The molecule has 0 spiro atoms. The van der Waals surface area contributed by atoms with Gasteiger partial charge in [-0.2, -0.15) is 0 Å². The molecule has 4 heteroatoms. The van der Waals surface area contributed by atoms with E-state index in [-0.39, 0.29) is 0 Å². The summed E-state index contributed by atoms with van der Waals surface area (Å²) in [5.41, 5.74) is 6.07. The quantitative estimate of drug-likeness (QED) is 0.171. The maximum absolute atomic E-state index is 5.75. The smallest absolute Gasteiger partial charge is 0.119 e. The number of unbranched alkanes of at least 4 members (excludes halogenated alkanes) is 2. The Hall–Kier alpha value is -4.18. The van der Waals surface area contributed by atoms with Gasteiger partial charge >= 0.3 is 0 Å². The molecule has 0 saturated heterocycles. The molecule has 2 aromatic carbocycles. The van der Waals surface area contributed by atoms with E-state index in [1.54, 1.807) is 0 Å². The third kappa shape index (κ3) is 8.45. The van der Waals surface area contributed by atoms with Crippen molar-refractivity contribution in [3.63, 3.8) is 0 Å². The lowest BCUT2D eigenvalue weighted by atomic mass is 10.1. The number of aromatic nitrogens is 2. The summed E-state index contributed by atoms with van der Waals surface area (Å²) in [6, 6.07) is 24.5. The van der Waals surface area contributed by atoms with Gasteiger partial charge in [-0.3, -0.25) is 9.97 Å². The van der Waals surface area contributed by atoms with Crippen LogP contribution in [0.1, 0.15) is 61.8 Å². The van der Waals surface area contributed by atoms with E-state index in [4.69, 9.17) is 9.47 Å². The number of rotatable bonds is 13. The fourth-order valence-corrected chi connectivity index (χ4v) is 3.79. The molecule has 0 aliphatic carbocycles. The van der Waals surface area contributed by atoms with Gasteiger partial charge in [-0.15, -0.1) is 0 Å². The minimum atomic E-state index is 0.762. The average molecular weight is 505 g/mol. The maximum Gasteiger partial charge on any atom is 0.119 e. The zero-order chi connectivity index (χ0) is 26.4. The fourth-order valence-electron chi connectivity index (χ4n) is 3.79. The first-order valence-electron chi connectivity index (χ1n) is 13.5. The van der Waals surface area contributed by atoms with Crippen LogP contribution in [0.2, 0.25) is 0 Å². The summed E-state index contributed by atoms with van der Waals surface area (Å²) in [6.07, 6.45) is 16.5. The number of nitrogens with zero attached hydrogens (tertiary/aromatic N) is 2. The number of hydrogen-bond donors (Lipinski definition) is 0. The molecule has 0 bridgehead atoms. The second kappa shape index (κ2) is 14.5. The van der Waals surface area contributed by atoms with Crippen molar-refractivity contribution in [3.05, 3.63) is 107 Å². The molecule has 4 nitrogen and oxygen atoms in total. The summed E-state index contributed by atoms with van der Waals surface area (Å²) in [5, 5.41) is 0. The Morgan fingerprint density at radius 3 is 1.32 bits per heavy atom. The molecule has 0 unspecified atom stereocenters. The van der Waals surface area contributed by atoms with Gasteiger partial charge < -0.3 is 9.47 Å². The van der Waals surface area contributed by atoms with Crippen LogP contribution in [-0.4, -0.2) is 23.2 Å².